The van der Waals surface area contributed by atoms with Crippen LogP contribution in [0, 0.1) is 6.92 Å². The first kappa shape index (κ1) is 20.4. The predicted molar refractivity (Wildman–Crippen MR) is 118 cm³/mol. The van der Waals surface area contributed by atoms with Crippen molar-refractivity contribution in [2.45, 2.75) is 52.2 Å². The summed E-state index contributed by atoms with van der Waals surface area (Å²) in [6, 6.07) is 15.6. The first-order valence-electron chi connectivity index (χ1n) is 9.88. The number of aryl methyl sites for hydroxylation is 2. The molecule has 0 aliphatic carbocycles. The lowest BCUT2D eigenvalue weighted by Crippen LogP contribution is -2.31. The summed E-state index contributed by atoms with van der Waals surface area (Å²) >= 11 is 1.46. The van der Waals surface area contributed by atoms with Crippen molar-refractivity contribution in [3.8, 4) is 0 Å². The van der Waals surface area contributed by atoms with Crippen LogP contribution in [0.1, 0.15) is 50.3 Å². The number of amides is 2. The van der Waals surface area contributed by atoms with Crippen molar-refractivity contribution in [1.29, 1.82) is 0 Å². The van der Waals surface area contributed by atoms with Gasteiger partial charge in [-0.15, -0.1) is 11.8 Å². The predicted octanol–water partition coefficient (Wildman–Crippen LogP) is 5.76. The molecule has 3 rings (SSSR count). The summed E-state index contributed by atoms with van der Waals surface area (Å²) in [5.74, 6) is -0.459. The average Bonchev–Trinajstić information content (AvgIpc) is 2.91. The minimum atomic E-state index is -0.238. The number of anilines is 1. The number of hydrogen-bond acceptors (Lipinski definition) is 3. The van der Waals surface area contributed by atoms with Crippen LogP contribution in [-0.4, -0.2) is 17.1 Å². The molecule has 0 aromatic heterocycles. The molecule has 1 aliphatic heterocycles. The maximum absolute atomic E-state index is 13.3. The number of carbonyl (C=O) groups is 2. The summed E-state index contributed by atoms with van der Waals surface area (Å²) in [6.07, 6.45) is 3.29. The van der Waals surface area contributed by atoms with Crippen LogP contribution in [0.5, 0.6) is 0 Å². The third-order valence-corrected chi connectivity index (χ3v) is 5.83. The molecule has 0 N–H and O–H groups in total. The third-order valence-electron chi connectivity index (χ3n) is 4.75. The third kappa shape index (κ3) is 4.22. The Labute approximate surface area is 171 Å². The molecule has 0 bridgehead atoms. The molecule has 2 aromatic carbocycles. The number of hydrogen-bond donors (Lipinski definition) is 0. The summed E-state index contributed by atoms with van der Waals surface area (Å²) in [5.41, 5.74) is 4.30. The van der Waals surface area contributed by atoms with Crippen LogP contribution in [-0.2, 0) is 16.0 Å². The Hall–Kier alpha value is -2.33. The zero-order valence-electron chi connectivity index (χ0n) is 17.0. The summed E-state index contributed by atoms with van der Waals surface area (Å²) < 4.78 is 0. The molecule has 4 heteroatoms. The zero-order chi connectivity index (χ0) is 20.3. The minimum Gasteiger partial charge on any atom is -0.268 e. The van der Waals surface area contributed by atoms with E-state index in [1.165, 1.54) is 22.2 Å². The Bertz CT molecular complexity index is 895. The Morgan fingerprint density at radius 2 is 1.57 bits per heavy atom. The number of carbonyl (C=O) groups excluding carboxylic acids is 2. The minimum absolute atomic E-state index is 0.212. The highest BCUT2D eigenvalue weighted by atomic mass is 32.2. The van der Waals surface area contributed by atoms with Crippen molar-refractivity contribution in [2.24, 2.45) is 0 Å². The van der Waals surface area contributed by atoms with Crippen molar-refractivity contribution in [1.82, 2.24) is 0 Å². The number of unbranched alkanes of at least 4 members (excludes halogenated alkanes) is 1. The van der Waals surface area contributed by atoms with Gasteiger partial charge in [0, 0.05) is 5.25 Å². The van der Waals surface area contributed by atoms with E-state index in [1.54, 1.807) is 0 Å². The molecular formula is C24H27NO2S. The molecule has 0 fully saturated rings. The molecule has 28 heavy (non-hydrogen) atoms. The second-order valence-electron chi connectivity index (χ2n) is 7.45. The number of imide groups is 1. The van der Waals surface area contributed by atoms with Gasteiger partial charge in [-0.1, -0.05) is 69.2 Å². The van der Waals surface area contributed by atoms with Gasteiger partial charge in [0.15, 0.2) is 0 Å². The van der Waals surface area contributed by atoms with E-state index in [1.807, 2.05) is 69.3 Å². The quantitative estimate of drug-likeness (QED) is 0.561. The molecule has 0 saturated heterocycles. The highest BCUT2D eigenvalue weighted by Crippen LogP contribution is 2.40. The monoisotopic (exact) mass is 393 g/mol. The van der Waals surface area contributed by atoms with Crippen LogP contribution in [0.4, 0.5) is 5.69 Å². The van der Waals surface area contributed by atoms with E-state index in [2.05, 4.69) is 6.92 Å². The van der Waals surface area contributed by atoms with Gasteiger partial charge in [0.1, 0.15) is 0 Å². The Kier molecular flexibility index (Phi) is 6.40. The lowest BCUT2D eigenvalue weighted by atomic mass is 10.0. The van der Waals surface area contributed by atoms with Gasteiger partial charge >= 0.3 is 0 Å². The summed E-state index contributed by atoms with van der Waals surface area (Å²) in [7, 11) is 0. The fourth-order valence-corrected chi connectivity index (χ4v) is 4.24. The lowest BCUT2D eigenvalue weighted by molar-refractivity contribution is -0.119. The standard InChI is InChI=1S/C24H27NO2S/c1-5-6-7-18-10-14-20(15-11-18)25-23(26)21(19-12-8-17(4)9-13-19)22(24(25)27)28-16(2)3/h8-16H,5-7H2,1-4H3. The topological polar surface area (TPSA) is 37.4 Å². The van der Waals surface area contributed by atoms with Gasteiger partial charge in [-0.05, 0) is 43.0 Å². The average molecular weight is 394 g/mol. The van der Waals surface area contributed by atoms with Crippen molar-refractivity contribution in [3.05, 3.63) is 70.1 Å². The Morgan fingerprint density at radius 1 is 0.929 bits per heavy atom. The largest absolute Gasteiger partial charge is 0.272 e. The molecule has 3 nitrogen and oxygen atoms in total. The second kappa shape index (κ2) is 8.78. The smallest absolute Gasteiger partial charge is 0.268 e. The highest BCUT2D eigenvalue weighted by Gasteiger charge is 2.40. The van der Waals surface area contributed by atoms with Gasteiger partial charge in [0.2, 0.25) is 0 Å². The van der Waals surface area contributed by atoms with Gasteiger partial charge in [0.05, 0.1) is 16.2 Å². The fraction of sp³-hybridized carbons (Fsp3) is 0.333. The molecule has 2 amide bonds. The van der Waals surface area contributed by atoms with Crippen molar-refractivity contribution in [3.63, 3.8) is 0 Å². The molecule has 2 aromatic rings. The van der Waals surface area contributed by atoms with E-state index < -0.39 is 0 Å². The maximum atomic E-state index is 13.3. The molecular weight excluding hydrogens is 366 g/mol. The van der Waals surface area contributed by atoms with Crippen LogP contribution in [0.3, 0.4) is 0 Å². The molecule has 0 radical (unpaired) electrons. The molecule has 1 heterocycles. The molecule has 1 aliphatic rings. The van der Waals surface area contributed by atoms with Crippen LogP contribution in [0.2, 0.25) is 0 Å². The fourth-order valence-electron chi connectivity index (χ4n) is 3.26. The summed E-state index contributed by atoms with van der Waals surface area (Å²) in [5, 5.41) is 0.212. The Balaban J connectivity index is 1.97. The van der Waals surface area contributed by atoms with E-state index in [4.69, 9.17) is 0 Å². The van der Waals surface area contributed by atoms with Crippen LogP contribution in [0.25, 0.3) is 5.57 Å². The summed E-state index contributed by atoms with van der Waals surface area (Å²) in [4.78, 5) is 28.3. The number of thioether (sulfide) groups is 1. The lowest BCUT2D eigenvalue weighted by Gasteiger charge is -2.16. The second-order valence-corrected chi connectivity index (χ2v) is 9.04. The molecule has 0 atom stereocenters. The zero-order valence-corrected chi connectivity index (χ0v) is 17.8. The van der Waals surface area contributed by atoms with Crippen molar-refractivity contribution >= 4 is 34.8 Å². The SMILES string of the molecule is CCCCc1ccc(N2C(=O)C(SC(C)C)=C(c3ccc(C)cc3)C2=O)cc1. The van der Waals surface area contributed by atoms with E-state index in [-0.39, 0.29) is 17.1 Å². The van der Waals surface area contributed by atoms with Gasteiger partial charge in [0.25, 0.3) is 11.8 Å². The number of nitrogens with zero attached hydrogens (tertiary/aromatic N) is 1. The van der Waals surface area contributed by atoms with Crippen molar-refractivity contribution < 1.29 is 9.59 Å². The van der Waals surface area contributed by atoms with Crippen molar-refractivity contribution in [2.75, 3.05) is 4.90 Å². The van der Waals surface area contributed by atoms with Crippen LogP contribution in [0.15, 0.2) is 53.4 Å². The molecule has 0 saturated carbocycles. The van der Waals surface area contributed by atoms with Crippen LogP contribution < -0.4 is 4.90 Å². The summed E-state index contributed by atoms with van der Waals surface area (Å²) in [6.45, 7) is 8.25. The number of rotatable bonds is 7. The normalized spacial score (nSPS) is 14.5. The first-order chi connectivity index (χ1) is 13.4. The number of benzene rings is 2. The van der Waals surface area contributed by atoms with Gasteiger partial charge < -0.3 is 0 Å². The van der Waals surface area contributed by atoms with E-state index >= 15 is 0 Å². The van der Waals surface area contributed by atoms with E-state index in [0.29, 0.717) is 16.2 Å². The molecule has 146 valence electrons. The highest BCUT2D eigenvalue weighted by molar-refractivity contribution is 8.04. The van der Waals surface area contributed by atoms with Gasteiger partial charge in [-0.2, -0.15) is 0 Å². The molecule has 0 unspecified atom stereocenters. The van der Waals surface area contributed by atoms with Crippen LogP contribution >= 0.6 is 11.8 Å². The van der Waals surface area contributed by atoms with Gasteiger partial charge in [-0.3, -0.25) is 9.59 Å². The maximum Gasteiger partial charge on any atom is 0.272 e. The molecule has 0 spiro atoms. The van der Waals surface area contributed by atoms with Gasteiger partial charge in [-0.25, -0.2) is 4.90 Å². The van der Waals surface area contributed by atoms with E-state index in [0.717, 1.165) is 30.4 Å². The Morgan fingerprint density at radius 3 is 2.14 bits per heavy atom. The van der Waals surface area contributed by atoms with E-state index in [9.17, 15) is 9.59 Å². The first-order valence-corrected chi connectivity index (χ1v) is 10.8.